The zero-order chi connectivity index (χ0) is 20.1. The van der Waals surface area contributed by atoms with Crippen molar-refractivity contribution in [2.75, 3.05) is 13.1 Å². The summed E-state index contributed by atoms with van der Waals surface area (Å²) < 4.78 is 0. The van der Waals surface area contributed by atoms with E-state index in [2.05, 4.69) is 20.5 Å². The standard InChI is InChI=1S/C23H34N4O2/c28-22(25-14-18-4-3-11-24-13-18)12-20-9-10-21(27(20)16-17-7-8-17)15-26-23(29)19-5-1-2-6-19/h3-4,11,13,17,19-21H,1-2,5-10,12,14-16H2,(H,25,28)(H,26,29)/t20-,21+/m1/s1. The Morgan fingerprint density at radius 2 is 1.83 bits per heavy atom. The maximum Gasteiger partial charge on any atom is 0.223 e. The van der Waals surface area contributed by atoms with Gasteiger partial charge in [0.25, 0.3) is 0 Å². The second kappa shape index (κ2) is 9.70. The Bertz CT molecular complexity index is 685. The van der Waals surface area contributed by atoms with Crippen LogP contribution in [0.3, 0.4) is 0 Å². The normalized spacial score (nSPS) is 25.2. The van der Waals surface area contributed by atoms with Gasteiger partial charge in [-0.25, -0.2) is 0 Å². The predicted molar refractivity (Wildman–Crippen MR) is 112 cm³/mol. The average molecular weight is 399 g/mol. The molecule has 2 saturated carbocycles. The molecule has 2 aliphatic carbocycles. The predicted octanol–water partition coefficient (Wildman–Crippen LogP) is 2.64. The first kappa shape index (κ1) is 20.3. The molecular formula is C23H34N4O2. The van der Waals surface area contributed by atoms with Crippen LogP contribution in [0.15, 0.2) is 24.5 Å². The number of pyridine rings is 1. The molecule has 1 saturated heterocycles. The summed E-state index contributed by atoms with van der Waals surface area (Å²) in [5.74, 6) is 1.35. The summed E-state index contributed by atoms with van der Waals surface area (Å²) in [6.07, 6.45) is 13.2. The number of hydrogen-bond acceptors (Lipinski definition) is 4. The van der Waals surface area contributed by atoms with E-state index in [-0.39, 0.29) is 23.8 Å². The van der Waals surface area contributed by atoms with Crippen LogP contribution in [0.4, 0.5) is 0 Å². The second-order valence-electron chi connectivity index (χ2n) is 9.09. The molecule has 29 heavy (non-hydrogen) atoms. The SMILES string of the molecule is O=C(C[C@H]1CC[C@@H](CNC(=O)C2CCCC2)N1CC1CC1)NCc1cccnc1. The first-order valence-corrected chi connectivity index (χ1v) is 11.4. The fourth-order valence-corrected chi connectivity index (χ4v) is 4.89. The van der Waals surface area contributed by atoms with E-state index < -0.39 is 0 Å². The second-order valence-corrected chi connectivity index (χ2v) is 9.09. The molecule has 158 valence electrons. The highest BCUT2D eigenvalue weighted by atomic mass is 16.2. The van der Waals surface area contributed by atoms with E-state index in [1.165, 1.54) is 25.7 Å². The highest BCUT2D eigenvalue weighted by Crippen LogP contribution is 2.35. The Morgan fingerprint density at radius 3 is 2.55 bits per heavy atom. The number of nitrogens with one attached hydrogen (secondary N) is 2. The van der Waals surface area contributed by atoms with E-state index in [0.29, 0.717) is 19.0 Å². The number of nitrogens with zero attached hydrogens (tertiary/aromatic N) is 2. The number of amides is 2. The summed E-state index contributed by atoms with van der Waals surface area (Å²) in [7, 11) is 0. The van der Waals surface area contributed by atoms with Crippen LogP contribution < -0.4 is 10.6 Å². The van der Waals surface area contributed by atoms with Gasteiger partial charge in [-0.1, -0.05) is 18.9 Å². The summed E-state index contributed by atoms with van der Waals surface area (Å²) in [5, 5.41) is 6.26. The zero-order valence-corrected chi connectivity index (χ0v) is 17.3. The molecule has 1 aromatic rings. The highest BCUT2D eigenvalue weighted by molar-refractivity contribution is 5.79. The Balaban J connectivity index is 1.27. The Labute approximate surface area is 173 Å². The van der Waals surface area contributed by atoms with E-state index >= 15 is 0 Å². The molecule has 3 fully saturated rings. The van der Waals surface area contributed by atoms with Gasteiger partial charge in [0.2, 0.25) is 11.8 Å². The fraction of sp³-hybridized carbons (Fsp3) is 0.696. The van der Waals surface area contributed by atoms with E-state index in [4.69, 9.17) is 0 Å². The van der Waals surface area contributed by atoms with Gasteiger partial charge in [-0.2, -0.15) is 0 Å². The molecule has 2 N–H and O–H groups in total. The minimum absolute atomic E-state index is 0.107. The van der Waals surface area contributed by atoms with Gasteiger partial charge in [0.05, 0.1) is 0 Å². The fourth-order valence-electron chi connectivity index (χ4n) is 4.89. The quantitative estimate of drug-likeness (QED) is 0.671. The van der Waals surface area contributed by atoms with Gasteiger partial charge in [0.15, 0.2) is 0 Å². The average Bonchev–Trinajstić information content (AvgIpc) is 3.23. The van der Waals surface area contributed by atoms with Crippen molar-refractivity contribution in [1.82, 2.24) is 20.5 Å². The number of hydrogen-bond donors (Lipinski definition) is 2. The van der Waals surface area contributed by atoms with Crippen molar-refractivity contribution in [1.29, 1.82) is 0 Å². The molecule has 2 atom stereocenters. The van der Waals surface area contributed by atoms with Crippen molar-refractivity contribution in [3.63, 3.8) is 0 Å². The lowest BCUT2D eigenvalue weighted by Crippen LogP contribution is -2.46. The third kappa shape index (κ3) is 5.78. The molecule has 3 aliphatic rings. The molecule has 0 radical (unpaired) electrons. The van der Waals surface area contributed by atoms with Gasteiger partial charge in [-0.05, 0) is 56.1 Å². The van der Waals surface area contributed by atoms with Gasteiger partial charge in [0.1, 0.15) is 0 Å². The maximum atomic E-state index is 12.5. The Kier molecular flexibility index (Phi) is 6.80. The van der Waals surface area contributed by atoms with Crippen molar-refractivity contribution >= 4 is 11.8 Å². The first-order valence-electron chi connectivity index (χ1n) is 11.4. The van der Waals surface area contributed by atoms with Crippen LogP contribution in [0.5, 0.6) is 0 Å². The minimum Gasteiger partial charge on any atom is -0.354 e. The van der Waals surface area contributed by atoms with Crippen LogP contribution in [0.1, 0.15) is 63.4 Å². The molecule has 6 nitrogen and oxygen atoms in total. The van der Waals surface area contributed by atoms with Crippen LogP contribution in [0.2, 0.25) is 0 Å². The molecule has 0 aromatic carbocycles. The van der Waals surface area contributed by atoms with E-state index in [0.717, 1.165) is 50.3 Å². The lowest BCUT2D eigenvalue weighted by molar-refractivity contribution is -0.125. The smallest absolute Gasteiger partial charge is 0.223 e. The Morgan fingerprint density at radius 1 is 1.03 bits per heavy atom. The van der Waals surface area contributed by atoms with Crippen LogP contribution in [0.25, 0.3) is 0 Å². The number of likely N-dealkylation sites (tertiary alicyclic amines) is 1. The molecule has 6 heteroatoms. The van der Waals surface area contributed by atoms with Gasteiger partial charge in [-0.15, -0.1) is 0 Å². The number of carbonyl (C=O) groups excluding carboxylic acids is 2. The molecule has 0 bridgehead atoms. The summed E-state index contributed by atoms with van der Waals surface area (Å²) in [4.78, 5) is 31.6. The summed E-state index contributed by atoms with van der Waals surface area (Å²) in [5.41, 5.74) is 1.02. The molecular weight excluding hydrogens is 364 g/mol. The Hall–Kier alpha value is -1.95. The van der Waals surface area contributed by atoms with Crippen LogP contribution >= 0.6 is 0 Å². The number of carbonyl (C=O) groups is 2. The number of rotatable bonds is 9. The van der Waals surface area contributed by atoms with Crippen LogP contribution in [-0.4, -0.2) is 46.9 Å². The summed E-state index contributed by atoms with van der Waals surface area (Å²) in [6.45, 7) is 2.34. The molecule has 2 heterocycles. The van der Waals surface area contributed by atoms with Crippen molar-refractivity contribution in [3.05, 3.63) is 30.1 Å². The third-order valence-electron chi connectivity index (χ3n) is 6.81. The van der Waals surface area contributed by atoms with Gasteiger partial charge >= 0.3 is 0 Å². The van der Waals surface area contributed by atoms with Crippen LogP contribution in [0, 0.1) is 11.8 Å². The van der Waals surface area contributed by atoms with Crippen molar-refractivity contribution in [2.24, 2.45) is 11.8 Å². The topological polar surface area (TPSA) is 74.3 Å². The molecule has 1 aromatic heterocycles. The van der Waals surface area contributed by atoms with Crippen LogP contribution in [-0.2, 0) is 16.1 Å². The largest absolute Gasteiger partial charge is 0.354 e. The van der Waals surface area contributed by atoms with Crippen molar-refractivity contribution in [3.8, 4) is 0 Å². The minimum atomic E-state index is 0.107. The molecule has 0 spiro atoms. The molecule has 1 aliphatic heterocycles. The number of aromatic nitrogens is 1. The molecule has 0 unspecified atom stereocenters. The molecule has 2 amide bonds. The zero-order valence-electron chi connectivity index (χ0n) is 17.3. The van der Waals surface area contributed by atoms with Crippen molar-refractivity contribution in [2.45, 2.75) is 76.4 Å². The molecule has 4 rings (SSSR count). The summed E-state index contributed by atoms with van der Waals surface area (Å²) >= 11 is 0. The summed E-state index contributed by atoms with van der Waals surface area (Å²) in [6, 6.07) is 4.53. The van der Waals surface area contributed by atoms with E-state index in [9.17, 15) is 9.59 Å². The van der Waals surface area contributed by atoms with Crippen molar-refractivity contribution < 1.29 is 9.59 Å². The van der Waals surface area contributed by atoms with E-state index in [1.807, 2.05) is 12.1 Å². The van der Waals surface area contributed by atoms with Gasteiger partial charge < -0.3 is 10.6 Å². The maximum absolute atomic E-state index is 12.5. The highest BCUT2D eigenvalue weighted by Gasteiger charge is 2.38. The third-order valence-corrected chi connectivity index (χ3v) is 6.81. The lowest BCUT2D eigenvalue weighted by atomic mass is 10.1. The first-order chi connectivity index (χ1) is 14.2. The van der Waals surface area contributed by atoms with E-state index in [1.54, 1.807) is 12.4 Å². The lowest BCUT2D eigenvalue weighted by Gasteiger charge is -2.30. The van der Waals surface area contributed by atoms with Gasteiger partial charge in [0, 0.05) is 56.5 Å². The monoisotopic (exact) mass is 398 g/mol. The van der Waals surface area contributed by atoms with Gasteiger partial charge in [-0.3, -0.25) is 19.5 Å².